The van der Waals surface area contributed by atoms with Gasteiger partial charge in [-0.1, -0.05) is 11.3 Å². The Morgan fingerprint density at radius 1 is 1.47 bits per heavy atom. The molecule has 0 aromatic carbocycles. The van der Waals surface area contributed by atoms with Crippen LogP contribution in [0.2, 0.25) is 0 Å². The number of carbonyl (C=O) groups is 1. The van der Waals surface area contributed by atoms with E-state index >= 15 is 0 Å². The van der Waals surface area contributed by atoms with E-state index in [-0.39, 0.29) is 4.88 Å². The van der Waals surface area contributed by atoms with Gasteiger partial charge in [0.25, 0.3) is 0 Å². The van der Waals surface area contributed by atoms with Crippen LogP contribution < -0.4 is 5.32 Å². The molecule has 0 atom stereocenters. The zero-order valence-electron chi connectivity index (χ0n) is 7.54. The molecule has 0 aliphatic heterocycles. The summed E-state index contributed by atoms with van der Waals surface area (Å²) in [5, 5.41) is 12.2. The van der Waals surface area contributed by atoms with Gasteiger partial charge in [0.15, 0.2) is 5.13 Å². The van der Waals surface area contributed by atoms with Crippen LogP contribution in [0.5, 0.6) is 0 Å². The van der Waals surface area contributed by atoms with E-state index in [0.29, 0.717) is 5.13 Å². The number of carboxylic acids is 1. The van der Waals surface area contributed by atoms with Crippen LogP contribution in [0.3, 0.4) is 0 Å². The second-order valence-electron chi connectivity index (χ2n) is 2.70. The normalized spacial score (nSPS) is 9.87. The summed E-state index contributed by atoms with van der Waals surface area (Å²) in [6.45, 7) is 0. The molecular formula is C9H7N3O2S. The summed E-state index contributed by atoms with van der Waals surface area (Å²) < 4.78 is 0. The molecule has 0 radical (unpaired) electrons. The first kappa shape index (κ1) is 9.60. The van der Waals surface area contributed by atoms with E-state index in [1.54, 1.807) is 18.5 Å². The standard InChI is InChI=1S/C9H7N3O2S/c13-8(14)7-5-11-9(15-7)12-6-2-1-3-10-4-6/h1-5H,(H,11,12)(H,13,14). The van der Waals surface area contributed by atoms with Gasteiger partial charge in [0, 0.05) is 6.20 Å². The Labute approximate surface area is 89.4 Å². The molecule has 5 nitrogen and oxygen atoms in total. The number of hydrogen-bond acceptors (Lipinski definition) is 5. The van der Waals surface area contributed by atoms with E-state index in [9.17, 15) is 4.79 Å². The van der Waals surface area contributed by atoms with Crippen LogP contribution in [-0.4, -0.2) is 21.0 Å². The molecule has 0 bridgehead atoms. The molecule has 2 aromatic heterocycles. The third-order valence-corrected chi connectivity index (χ3v) is 2.53. The number of hydrogen-bond donors (Lipinski definition) is 2. The fraction of sp³-hybridized carbons (Fsp3) is 0. The van der Waals surface area contributed by atoms with Crippen molar-refractivity contribution in [2.75, 3.05) is 5.32 Å². The van der Waals surface area contributed by atoms with Gasteiger partial charge in [0.05, 0.1) is 18.1 Å². The van der Waals surface area contributed by atoms with Gasteiger partial charge >= 0.3 is 5.97 Å². The van der Waals surface area contributed by atoms with Crippen molar-refractivity contribution >= 4 is 28.1 Å². The fourth-order valence-electron chi connectivity index (χ4n) is 0.991. The molecule has 0 amide bonds. The molecule has 76 valence electrons. The highest BCUT2D eigenvalue weighted by atomic mass is 32.1. The van der Waals surface area contributed by atoms with Crippen LogP contribution in [0.25, 0.3) is 0 Å². The molecule has 2 rings (SSSR count). The van der Waals surface area contributed by atoms with E-state index in [1.165, 1.54) is 6.20 Å². The predicted molar refractivity (Wildman–Crippen MR) is 56.6 cm³/mol. The van der Waals surface area contributed by atoms with Gasteiger partial charge in [-0.3, -0.25) is 4.98 Å². The Morgan fingerprint density at radius 3 is 2.93 bits per heavy atom. The van der Waals surface area contributed by atoms with Crippen LogP contribution >= 0.6 is 11.3 Å². The van der Waals surface area contributed by atoms with Crippen molar-refractivity contribution < 1.29 is 9.90 Å². The Morgan fingerprint density at radius 2 is 2.33 bits per heavy atom. The first-order valence-electron chi connectivity index (χ1n) is 4.12. The number of pyridine rings is 1. The molecule has 2 heterocycles. The van der Waals surface area contributed by atoms with Crippen molar-refractivity contribution in [1.29, 1.82) is 0 Å². The van der Waals surface area contributed by atoms with Crippen LogP contribution in [0.1, 0.15) is 9.67 Å². The number of rotatable bonds is 3. The number of carboxylic acid groups (broad SMARTS) is 1. The van der Waals surface area contributed by atoms with Crippen molar-refractivity contribution in [3.63, 3.8) is 0 Å². The van der Waals surface area contributed by atoms with Crippen LogP contribution in [0.15, 0.2) is 30.7 Å². The molecule has 15 heavy (non-hydrogen) atoms. The summed E-state index contributed by atoms with van der Waals surface area (Å²) in [6.07, 6.45) is 4.63. The maximum atomic E-state index is 10.6. The summed E-state index contributed by atoms with van der Waals surface area (Å²) in [5.41, 5.74) is 0.781. The van der Waals surface area contributed by atoms with Crippen LogP contribution in [-0.2, 0) is 0 Å². The molecule has 0 aliphatic rings. The van der Waals surface area contributed by atoms with E-state index in [0.717, 1.165) is 17.0 Å². The number of aromatic carboxylic acids is 1. The highest BCUT2D eigenvalue weighted by Crippen LogP contribution is 2.21. The number of nitrogens with one attached hydrogen (secondary N) is 1. The third kappa shape index (κ3) is 2.29. The minimum atomic E-state index is -0.966. The number of thiazole rings is 1. The topological polar surface area (TPSA) is 75.1 Å². The Hall–Kier alpha value is -1.95. The molecule has 0 unspecified atom stereocenters. The zero-order chi connectivity index (χ0) is 10.7. The first-order chi connectivity index (χ1) is 7.25. The van der Waals surface area contributed by atoms with Gasteiger partial charge in [-0.05, 0) is 12.1 Å². The third-order valence-electron chi connectivity index (χ3n) is 1.63. The average molecular weight is 221 g/mol. The van der Waals surface area contributed by atoms with E-state index < -0.39 is 5.97 Å². The van der Waals surface area contributed by atoms with Crippen molar-refractivity contribution in [2.24, 2.45) is 0 Å². The lowest BCUT2D eigenvalue weighted by Crippen LogP contribution is -1.90. The monoisotopic (exact) mass is 221 g/mol. The predicted octanol–water partition coefficient (Wildman–Crippen LogP) is 1.98. The van der Waals surface area contributed by atoms with Gasteiger partial charge < -0.3 is 10.4 Å². The highest BCUT2D eigenvalue weighted by Gasteiger charge is 2.08. The summed E-state index contributed by atoms with van der Waals surface area (Å²) >= 11 is 1.09. The first-order valence-corrected chi connectivity index (χ1v) is 4.93. The maximum absolute atomic E-state index is 10.6. The molecule has 0 spiro atoms. The van der Waals surface area contributed by atoms with E-state index in [1.807, 2.05) is 6.07 Å². The van der Waals surface area contributed by atoms with Gasteiger partial charge in [-0.15, -0.1) is 0 Å². The maximum Gasteiger partial charge on any atom is 0.347 e. The van der Waals surface area contributed by atoms with Gasteiger partial charge in [-0.2, -0.15) is 0 Å². The summed E-state index contributed by atoms with van der Waals surface area (Å²) in [4.78, 5) is 18.7. The van der Waals surface area contributed by atoms with Crippen molar-refractivity contribution in [3.05, 3.63) is 35.6 Å². The minimum Gasteiger partial charge on any atom is -0.477 e. The average Bonchev–Trinajstić information content (AvgIpc) is 2.68. The van der Waals surface area contributed by atoms with Crippen LogP contribution in [0.4, 0.5) is 10.8 Å². The second-order valence-corrected chi connectivity index (χ2v) is 3.73. The summed E-state index contributed by atoms with van der Waals surface area (Å²) in [6, 6.07) is 3.61. The zero-order valence-corrected chi connectivity index (χ0v) is 8.36. The van der Waals surface area contributed by atoms with Crippen molar-refractivity contribution in [3.8, 4) is 0 Å². The van der Waals surface area contributed by atoms with Gasteiger partial charge in [0.2, 0.25) is 0 Å². The lowest BCUT2D eigenvalue weighted by molar-refractivity contribution is 0.0702. The van der Waals surface area contributed by atoms with Crippen molar-refractivity contribution in [1.82, 2.24) is 9.97 Å². The SMILES string of the molecule is O=C(O)c1cnc(Nc2cccnc2)s1. The highest BCUT2D eigenvalue weighted by molar-refractivity contribution is 7.17. The number of aromatic nitrogens is 2. The minimum absolute atomic E-state index is 0.210. The summed E-state index contributed by atoms with van der Waals surface area (Å²) in [5.74, 6) is -0.966. The number of anilines is 2. The Bertz CT molecular complexity index is 469. The summed E-state index contributed by atoms with van der Waals surface area (Å²) in [7, 11) is 0. The van der Waals surface area contributed by atoms with Crippen LogP contribution in [0, 0.1) is 0 Å². The molecule has 0 saturated carbocycles. The molecular weight excluding hydrogens is 214 g/mol. The molecule has 0 fully saturated rings. The quantitative estimate of drug-likeness (QED) is 0.828. The largest absolute Gasteiger partial charge is 0.477 e. The van der Waals surface area contributed by atoms with E-state index in [2.05, 4.69) is 15.3 Å². The lowest BCUT2D eigenvalue weighted by Gasteiger charge is -1.99. The van der Waals surface area contributed by atoms with E-state index in [4.69, 9.17) is 5.11 Å². The smallest absolute Gasteiger partial charge is 0.347 e. The molecule has 0 saturated heterocycles. The molecule has 0 aliphatic carbocycles. The fourth-order valence-corrected chi connectivity index (χ4v) is 1.67. The molecule has 2 N–H and O–H groups in total. The lowest BCUT2D eigenvalue weighted by atomic mass is 10.4. The Balaban J connectivity index is 2.15. The molecule has 6 heteroatoms. The van der Waals surface area contributed by atoms with Crippen molar-refractivity contribution in [2.45, 2.75) is 0 Å². The second kappa shape index (κ2) is 4.05. The molecule has 2 aromatic rings. The Kier molecular flexibility index (Phi) is 2.59. The van der Waals surface area contributed by atoms with Gasteiger partial charge in [0.1, 0.15) is 4.88 Å². The van der Waals surface area contributed by atoms with Gasteiger partial charge in [-0.25, -0.2) is 9.78 Å². The number of nitrogens with zero attached hydrogens (tertiary/aromatic N) is 2.